The highest BCUT2D eigenvalue weighted by Crippen LogP contribution is 2.35. The van der Waals surface area contributed by atoms with Crippen LogP contribution in [0.3, 0.4) is 0 Å². The number of amides is 4. The molecule has 5 heterocycles. The molecule has 0 spiro atoms. The Labute approximate surface area is 225 Å². The van der Waals surface area contributed by atoms with Crippen LogP contribution < -0.4 is 4.90 Å². The second-order valence-corrected chi connectivity index (χ2v) is 10.1. The molecular formula is C29H29N5O5. The van der Waals surface area contributed by atoms with Gasteiger partial charge in [-0.05, 0) is 54.8 Å². The normalized spacial score (nSPS) is 19.4. The number of anilines is 1. The maximum Gasteiger partial charge on any atom is 0.289 e. The maximum atomic E-state index is 13.5. The van der Waals surface area contributed by atoms with E-state index < -0.39 is 0 Å². The minimum Gasteiger partial charge on any atom is -0.459 e. The zero-order valence-electron chi connectivity index (χ0n) is 21.5. The molecule has 39 heavy (non-hydrogen) atoms. The van der Waals surface area contributed by atoms with Gasteiger partial charge in [0.25, 0.3) is 17.7 Å². The van der Waals surface area contributed by atoms with Gasteiger partial charge in [-0.25, -0.2) is 0 Å². The van der Waals surface area contributed by atoms with E-state index in [9.17, 15) is 19.2 Å². The third-order valence-corrected chi connectivity index (χ3v) is 7.79. The van der Waals surface area contributed by atoms with Crippen LogP contribution in [-0.4, -0.2) is 82.6 Å². The van der Waals surface area contributed by atoms with E-state index in [1.54, 1.807) is 53.7 Å². The number of benzene rings is 1. The van der Waals surface area contributed by atoms with Crippen LogP contribution in [0.1, 0.15) is 49.7 Å². The molecule has 2 fully saturated rings. The van der Waals surface area contributed by atoms with Crippen LogP contribution in [0.5, 0.6) is 0 Å². The summed E-state index contributed by atoms with van der Waals surface area (Å²) >= 11 is 0. The largest absolute Gasteiger partial charge is 0.459 e. The van der Waals surface area contributed by atoms with Crippen molar-refractivity contribution in [1.82, 2.24) is 19.7 Å². The summed E-state index contributed by atoms with van der Waals surface area (Å²) < 4.78 is 5.23. The molecule has 200 valence electrons. The molecule has 10 nitrogen and oxygen atoms in total. The van der Waals surface area contributed by atoms with Crippen molar-refractivity contribution in [2.45, 2.75) is 19.4 Å². The molecule has 0 aliphatic carbocycles. The number of fused-ring (bicyclic) bond motifs is 1. The van der Waals surface area contributed by atoms with E-state index in [1.807, 2.05) is 11.0 Å². The van der Waals surface area contributed by atoms with Crippen LogP contribution in [0.15, 0.2) is 65.5 Å². The molecule has 4 amide bonds. The zero-order valence-corrected chi connectivity index (χ0v) is 21.5. The van der Waals surface area contributed by atoms with Gasteiger partial charge in [0.05, 0.1) is 35.5 Å². The molecule has 3 aromatic rings. The van der Waals surface area contributed by atoms with Crippen molar-refractivity contribution in [3.05, 3.63) is 83.6 Å². The molecule has 3 aliphatic rings. The lowest BCUT2D eigenvalue weighted by atomic mass is 9.94. The monoisotopic (exact) mass is 527 g/mol. The highest BCUT2D eigenvalue weighted by atomic mass is 16.3. The van der Waals surface area contributed by atoms with Gasteiger partial charge in [-0.2, -0.15) is 0 Å². The Bertz CT molecular complexity index is 1400. The fraction of sp³-hybridized carbons (Fsp3) is 0.345. The van der Waals surface area contributed by atoms with Gasteiger partial charge < -0.3 is 19.1 Å². The highest BCUT2D eigenvalue weighted by molar-refractivity contribution is 6.23. The maximum absolute atomic E-state index is 13.5. The number of hydrogen-bond donors (Lipinski definition) is 0. The third kappa shape index (κ3) is 4.67. The van der Waals surface area contributed by atoms with Crippen LogP contribution in [0.2, 0.25) is 0 Å². The number of piperazine rings is 1. The molecule has 1 aromatic carbocycles. The first-order chi connectivity index (χ1) is 19.0. The Kier molecular flexibility index (Phi) is 6.60. The summed E-state index contributed by atoms with van der Waals surface area (Å²) in [6, 6.07) is 12.3. The zero-order chi connectivity index (χ0) is 26.9. The van der Waals surface area contributed by atoms with Gasteiger partial charge in [-0.3, -0.25) is 29.1 Å². The van der Waals surface area contributed by atoms with Gasteiger partial charge in [-0.15, -0.1) is 0 Å². The molecule has 6 rings (SSSR count). The van der Waals surface area contributed by atoms with Crippen LogP contribution in [0.4, 0.5) is 5.69 Å². The quantitative estimate of drug-likeness (QED) is 0.470. The first kappa shape index (κ1) is 24.8. The fourth-order valence-corrected chi connectivity index (χ4v) is 5.74. The summed E-state index contributed by atoms with van der Waals surface area (Å²) in [5.74, 6) is -0.624. The van der Waals surface area contributed by atoms with Crippen molar-refractivity contribution in [3.8, 4) is 0 Å². The Morgan fingerprint density at radius 1 is 0.897 bits per heavy atom. The lowest BCUT2D eigenvalue weighted by Crippen LogP contribution is -2.53. The average Bonchev–Trinajstić information content (AvgIpc) is 3.61. The van der Waals surface area contributed by atoms with Gasteiger partial charge in [0.1, 0.15) is 0 Å². The number of piperidine rings is 1. The van der Waals surface area contributed by atoms with Gasteiger partial charge in [0, 0.05) is 51.7 Å². The molecule has 10 heteroatoms. The number of pyridine rings is 1. The summed E-state index contributed by atoms with van der Waals surface area (Å²) in [6.45, 7) is 3.22. The number of hydrogen-bond acceptors (Lipinski definition) is 7. The number of nitrogens with zero attached hydrogens (tertiary/aromatic N) is 5. The molecule has 0 unspecified atom stereocenters. The standard InChI is InChI=1S/C29H29N5O5/c35-26(31-13-15-32(16-14-31)28(37)24-7-3-17-39-24)21-4-2-12-33(19-21)23-6-1-5-22-25(23)29(38)34(27(22)36)18-20-8-10-30-11-9-20/h1,3,5-11,17,21H,2,4,12-16,18-19H2/t21-/m0/s1. The Balaban J connectivity index is 1.13. The molecule has 0 radical (unpaired) electrons. The number of rotatable bonds is 5. The van der Waals surface area contributed by atoms with Crippen molar-refractivity contribution < 1.29 is 23.6 Å². The molecule has 0 saturated carbocycles. The number of carbonyl (C=O) groups is 4. The first-order valence-corrected chi connectivity index (χ1v) is 13.3. The van der Waals surface area contributed by atoms with Crippen molar-refractivity contribution in [1.29, 1.82) is 0 Å². The van der Waals surface area contributed by atoms with Crippen molar-refractivity contribution in [2.75, 3.05) is 44.2 Å². The molecule has 0 N–H and O–H groups in total. The van der Waals surface area contributed by atoms with E-state index in [2.05, 4.69) is 9.88 Å². The van der Waals surface area contributed by atoms with Crippen LogP contribution >= 0.6 is 0 Å². The second-order valence-electron chi connectivity index (χ2n) is 10.1. The third-order valence-electron chi connectivity index (χ3n) is 7.79. The minimum absolute atomic E-state index is 0.0686. The summed E-state index contributed by atoms with van der Waals surface area (Å²) in [7, 11) is 0. The van der Waals surface area contributed by atoms with Crippen molar-refractivity contribution in [3.63, 3.8) is 0 Å². The smallest absolute Gasteiger partial charge is 0.289 e. The fourth-order valence-electron chi connectivity index (χ4n) is 5.74. The predicted molar refractivity (Wildman–Crippen MR) is 141 cm³/mol. The van der Waals surface area contributed by atoms with E-state index >= 15 is 0 Å². The Morgan fingerprint density at radius 2 is 1.67 bits per heavy atom. The van der Waals surface area contributed by atoms with E-state index in [1.165, 1.54) is 11.2 Å². The lowest BCUT2D eigenvalue weighted by molar-refractivity contribution is -0.137. The van der Waals surface area contributed by atoms with Gasteiger partial charge >= 0.3 is 0 Å². The lowest BCUT2D eigenvalue weighted by Gasteiger charge is -2.39. The van der Waals surface area contributed by atoms with E-state index in [4.69, 9.17) is 4.42 Å². The van der Waals surface area contributed by atoms with Crippen molar-refractivity contribution in [2.24, 2.45) is 5.92 Å². The minimum atomic E-state index is -0.312. The number of aromatic nitrogens is 1. The SMILES string of the molecule is O=C(c1ccco1)N1CCN(C(=O)[C@H]2CCCN(c3cccc4c3C(=O)N(Cc3ccncc3)C4=O)C2)CC1. The molecule has 0 bridgehead atoms. The average molecular weight is 528 g/mol. The van der Waals surface area contributed by atoms with E-state index in [0.29, 0.717) is 61.8 Å². The molecule has 1 atom stereocenters. The topological polar surface area (TPSA) is 107 Å². The second kappa shape index (κ2) is 10.4. The Morgan fingerprint density at radius 3 is 2.41 bits per heavy atom. The number of carbonyl (C=O) groups excluding carboxylic acids is 4. The van der Waals surface area contributed by atoms with E-state index in [0.717, 1.165) is 18.4 Å². The van der Waals surface area contributed by atoms with Gasteiger partial charge in [0.15, 0.2) is 5.76 Å². The summed E-state index contributed by atoms with van der Waals surface area (Å²) in [5, 5.41) is 0. The molecule has 3 aliphatic heterocycles. The van der Waals surface area contributed by atoms with Gasteiger partial charge in [0.2, 0.25) is 5.91 Å². The van der Waals surface area contributed by atoms with Crippen LogP contribution in [-0.2, 0) is 11.3 Å². The van der Waals surface area contributed by atoms with Crippen molar-refractivity contribution >= 4 is 29.3 Å². The van der Waals surface area contributed by atoms with Gasteiger partial charge in [-0.1, -0.05) is 6.07 Å². The van der Waals surface area contributed by atoms with Crippen LogP contribution in [0, 0.1) is 5.92 Å². The number of furan rings is 1. The molecule has 2 aromatic heterocycles. The highest BCUT2D eigenvalue weighted by Gasteiger charge is 2.40. The molecule has 2 saturated heterocycles. The Hall–Kier alpha value is -4.47. The predicted octanol–water partition coefficient (Wildman–Crippen LogP) is 2.67. The summed E-state index contributed by atoms with van der Waals surface area (Å²) in [4.78, 5) is 63.6. The molecular weight excluding hydrogens is 498 g/mol. The summed E-state index contributed by atoms with van der Waals surface area (Å²) in [5.41, 5.74) is 2.34. The van der Waals surface area contributed by atoms with Crippen LogP contribution in [0.25, 0.3) is 0 Å². The summed E-state index contributed by atoms with van der Waals surface area (Å²) in [6.07, 6.45) is 6.32. The van der Waals surface area contributed by atoms with E-state index in [-0.39, 0.29) is 36.1 Å². The number of imide groups is 1. The first-order valence-electron chi connectivity index (χ1n) is 13.3.